The number of pyridine rings is 1. The van der Waals surface area contributed by atoms with Gasteiger partial charge in [0.15, 0.2) is 5.78 Å². The number of hydrogen-bond acceptors (Lipinski definition) is 6. The zero-order chi connectivity index (χ0) is 17.8. The Kier molecular flexibility index (Phi) is 5.57. The summed E-state index contributed by atoms with van der Waals surface area (Å²) in [6.07, 6.45) is 3.62. The maximum Gasteiger partial charge on any atom is 0.261 e. The van der Waals surface area contributed by atoms with Crippen LogP contribution in [0.1, 0.15) is 38.3 Å². The molecule has 1 amide bonds. The van der Waals surface area contributed by atoms with Crippen LogP contribution in [0.4, 0.5) is 0 Å². The van der Waals surface area contributed by atoms with E-state index in [2.05, 4.69) is 15.2 Å². The van der Waals surface area contributed by atoms with E-state index >= 15 is 0 Å². The van der Waals surface area contributed by atoms with Gasteiger partial charge >= 0.3 is 0 Å². The first-order valence-corrected chi connectivity index (χ1v) is 9.05. The predicted octanol–water partition coefficient (Wildman–Crippen LogP) is 1.71. The maximum atomic E-state index is 12.3. The highest BCUT2D eigenvalue weighted by Gasteiger charge is 2.29. The molecule has 0 unspecified atom stereocenters. The van der Waals surface area contributed by atoms with Crippen LogP contribution in [0.15, 0.2) is 36.7 Å². The van der Waals surface area contributed by atoms with Crippen LogP contribution >= 0.6 is 11.3 Å². The first kappa shape index (κ1) is 17.7. The second kappa shape index (κ2) is 7.86. The van der Waals surface area contributed by atoms with Gasteiger partial charge in [-0.05, 0) is 37.1 Å². The molecule has 0 aromatic carbocycles. The monoisotopic (exact) mass is 359 g/mol. The minimum atomic E-state index is -0.624. The fourth-order valence-electron chi connectivity index (χ4n) is 2.95. The third-order valence-electron chi connectivity index (χ3n) is 4.29. The normalized spacial score (nSPS) is 21.0. The third kappa shape index (κ3) is 4.50. The summed E-state index contributed by atoms with van der Waals surface area (Å²) in [5, 5.41) is 13.3. The fourth-order valence-corrected chi connectivity index (χ4v) is 3.75. The topological polar surface area (TPSA) is 82.5 Å². The Balaban J connectivity index is 1.54. The van der Waals surface area contributed by atoms with E-state index in [1.54, 1.807) is 18.3 Å². The molecule has 0 bridgehead atoms. The molecule has 1 aliphatic rings. The molecule has 2 N–H and O–H groups in total. The number of thiophene rings is 1. The van der Waals surface area contributed by atoms with Crippen LogP contribution in [0.5, 0.6) is 0 Å². The maximum absolute atomic E-state index is 12.3. The van der Waals surface area contributed by atoms with Crippen LogP contribution in [-0.4, -0.2) is 51.9 Å². The Morgan fingerprint density at radius 1 is 1.36 bits per heavy atom. The minimum Gasteiger partial charge on any atom is -0.390 e. The molecule has 2 aromatic heterocycles. The molecule has 0 saturated carbocycles. The lowest BCUT2D eigenvalue weighted by molar-refractivity contribution is 0.0350. The molecule has 2 aromatic rings. The number of amides is 1. The molecule has 132 valence electrons. The zero-order valence-corrected chi connectivity index (χ0v) is 14.8. The van der Waals surface area contributed by atoms with Crippen LogP contribution in [0.3, 0.4) is 0 Å². The number of Topliss-reactive ketones (excluding diaryl/α,β-unsaturated/α-hetero) is 1. The molecule has 0 spiro atoms. The number of ketones is 1. The largest absolute Gasteiger partial charge is 0.390 e. The molecule has 3 heterocycles. The molecular formula is C18H21N3O3S. The van der Waals surface area contributed by atoms with Crippen molar-refractivity contribution < 1.29 is 14.7 Å². The van der Waals surface area contributed by atoms with Crippen LogP contribution < -0.4 is 5.32 Å². The minimum absolute atomic E-state index is 0.0483. The molecule has 1 saturated heterocycles. The molecule has 0 aliphatic carbocycles. The Hall–Kier alpha value is -2.09. The van der Waals surface area contributed by atoms with Gasteiger partial charge in [0.05, 0.1) is 21.9 Å². The number of piperidine rings is 1. The molecular weight excluding hydrogens is 338 g/mol. The van der Waals surface area contributed by atoms with Crippen molar-refractivity contribution in [2.75, 3.05) is 13.1 Å². The van der Waals surface area contributed by atoms with Gasteiger partial charge in [0.2, 0.25) is 0 Å². The summed E-state index contributed by atoms with van der Waals surface area (Å²) in [4.78, 5) is 31.0. The number of nitrogens with zero attached hydrogens (tertiary/aromatic N) is 2. The molecule has 7 heteroatoms. The van der Waals surface area contributed by atoms with Gasteiger partial charge in [-0.25, -0.2) is 0 Å². The van der Waals surface area contributed by atoms with Gasteiger partial charge < -0.3 is 10.4 Å². The summed E-state index contributed by atoms with van der Waals surface area (Å²) in [6.45, 7) is 3.51. The van der Waals surface area contributed by atoms with Gasteiger partial charge in [-0.15, -0.1) is 11.3 Å². The van der Waals surface area contributed by atoms with Gasteiger partial charge in [0.1, 0.15) is 0 Å². The molecule has 1 aliphatic heterocycles. The molecule has 2 atom stereocenters. The Morgan fingerprint density at radius 2 is 2.16 bits per heavy atom. The molecule has 1 fully saturated rings. The summed E-state index contributed by atoms with van der Waals surface area (Å²) in [5.74, 6) is -0.282. The average Bonchev–Trinajstić information content (AvgIpc) is 3.09. The summed E-state index contributed by atoms with van der Waals surface area (Å²) in [7, 11) is 0. The summed E-state index contributed by atoms with van der Waals surface area (Å²) < 4.78 is 0. The summed E-state index contributed by atoms with van der Waals surface area (Å²) >= 11 is 1.18. The zero-order valence-electron chi connectivity index (χ0n) is 14.0. The third-order valence-corrected chi connectivity index (χ3v) is 5.47. The van der Waals surface area contributed by atoms with Crippen LogP contribution in [0, 0.1) is 0 Å². The highest BCUT2D eigenvalue weighted by Crippen LogP contribution is 2.19. The number of nitrogens with one attached hydrogen (secondary N) is 1. The number of aromatic nitrogens is 1. The van der Waals surface area contributed by atoms with E-state index in [-0.39, 0.29) is 17.7 Å². The smallest absolute Gasteiger partial charge is 0.261 e. The second-order valence-electron chi connectivity index (χ2n) is 6.25. The van der Waals surface area contributed by atoms with Crippen molar-refractivity contribution in [2.24, 2.45) is 0 Å². The van der Waals surface area contributed by atoms with Crippen LogP contribution in [0.25, 0.3) is 0 Å². The lowest BCUT2D eigenvalue weighted by atomic mass is 10.0. The van der Waals surface area contributed by atoms with Gasteiger partial charge in [-0.3, -0.25) is 19.5 Å². The Morgan fingerprint density at radius 3 is 2.80 bits per heavy atom. The first-order valence-electron chi connectivity index (χ1n) is 8.24. The number of likely N-dealkylation sites (tertiary alicyclic amines) is 1. The average molecular weight is 359 g/mol. The van der Waals surface area contributed by atoms with Crippen molar-refractivity contribution in [1.29, 1.82) is 0 Å². The van der Waals surface area contributed by atoms with E-state index in [1.807, 2.05) is 18.3 Å². The van der Waals surface area contributed by atoms with E-state index in [1.165, 1.54) is 18.3 Å². The number of carbonyl (C=O) groups excluding carboxylic acids is 2. The van der Waals surface area contributed by atoms with Crippen molar-refractivity contribution in [3.8, 4) is 0 Å². The van der Waals surface area contributed by atoms with Crippen LogP contribution in [-0.2, 0) is 6.54 Å². The van der Waals surface area contributed by atoms with E-state index in [0.29, 0.717) is 22.7 Å². The standard InChI is InChI=1S/C18H21N3O3S/c1-12(22)16-4-5-17(25-16)18(24)20-14-6-8-21(11-15(14)23)10-13-3-2-7-19-9-13/h2-5,7,9,14-15,23H,6,8,10-11H2,1H3,(H,20,24)/t14-,15-/m1/s1. The van der Waals surface area contributed by atoms with Gasteiger partial charge in [-0.1, -0.05) is 6.07 Å². The van der Waals surface area contributed by atoms with Crippen molar-refractivity contribution in [3.05, 3.63) is 52.0 Å². The number of aliphatic hydroxyl groups is 1. The second-order valence-corrected chi connectivity index (χ2v) is 7.34. The lowest BCUT2D eigenvalue weighted by Crippen LogP contribution is -2.53. The van der Waals surface area contributed by atoms with E-state index in [9.17, 15) is 14.7 Å². The lowest BCUT2D eigenvalue weighted by Gasteiger charge is -2.36. The SMILES string of the molecule is CC(=O)c1ccc(C(=O)N[C@@H]2CCN(Cc3cccnc3)C[C@H]2O)s1. The van der Waals surface area contributed by atoms with Crippen molar-refractivity contribution in [1.82, 2.24) is 15.2 Å². The predicted molar refractivity (Wildman–Crippen MR) is 95.7 cm³/mol. The molecule has 0 radical (unpaired) electrons. The number of rotatable bonds is 5. The Bertz CT molecular complexity index is 747. The first-order chi connectivity index (χ1) is 12.0. The van der Waals surface area contributed by atoms with E-state index in [4.69, 9.17) is 0 Å². The van der Waals surface area contributed by atoms with E-state index < -0.39 is 6.10 Å². The van der Waals surface area contributed by atoms with Gasteiger partial charge in [0.25, 0.3) is 5.91 Å². The quantitative estimate of drug-likeness (QED) is 0.794. The number of hydrogen-bond donors (Lipinski definition) is 2. The molecule has 6 nitrogen and oxygen atoms in total. The van der Waals surface area contributed by atoms with Crippen LogP contribution in [0.2, 0.25) is 0 Å². The van der Waals surface area contributed by atoms with E-state index in [0.717, 1.165) is 18.7 Å². The van der Waals surface area contributed by atoms with Gasteiger partial charge in [-0.2, -0.15) is 0 Å². The number of β-amino-alcohol motifs (C(OH)–C–C–N with tert-alkyl or cyclic N) is 1. The van der Waals surface area contributed by atoms with Gasteiger partial charge in [0, 0.05) is 32.0 Å². The van der Waals surface area contributed by atoms with Crippen molar-refractivity contribution in [3.63, 3.8) is 0 Å². The van der Waals surface area contributed by atoms with Crippen molar-refractivity contribution >= 4 is 23.0 Å². The summed E-state index contributed by atoms with van der Waals surface area (Å²) in [6, 6.07) is 6.95. The number of aliphatic hydroxyl groups excluding tert-OH is 1. The highest BCUT2D eigenvalue weighted by atomic mass is 32.1. The molecule has 25 heavy (non-hydrogen) atoms. The summed E-state index contributed by atoms with van der Waals surface area (Å²) in [5.41, 5.74) is 1.10. The highest BCUT2D eigenvalue weighted by molar-refractivity contribution is 7.15. The molecule has 3 rings (SSSR count). The van der Waals surface area contributed by atoms with Crippen molar-refractivity contribution in [2.45, 2.75) is 32.0 Å². The fraction of sp³-hybridized carbons (Fsp3) is 0.389. The number of carbonyl (C=O) groups is 2. The Labute approximate surface area is 150 Å².